The van der Waals surface area contributed by atoms with E-state index in [4.69, 9.17) is 11.6 Å². The Hall–Kier alpha value is -1.39. The van der Waals surface area contributed by atoms with Gasteiger partial charge in [0.2, 0.25) is 0 Å². The molecule has 0 aliphatic rings. The number of carbonyl (C=O) groups excluding carboxylic acids is 1. The summed E-state index contributed by atoms with van der Waals surface area (Å²) in [4.78, 5) is 11.9. The van der Waals surface area contributed by atoms with Gasteiger partial charge in [-0.25, -0.2) is 4.39 Å². The van der Waals surface area contributed by atoms with E-state index in [1.807, 2.05) is 6.07 Å². The Morgan fingerprint density at radius 2 is 2.00 bits per heavy atom. The lowest BCUT2D eigenvalue weighted by molar-refractivity contribution is 0.102. The van der Waals surface area contributed by atoms with Crippen LogP contribution >= 0.6 is 27.5 Å². The van der Waals surface area contributed by atoms with Gasteiger partial charge in [0, 0.05) is 15.7 Å². The van der Waals surface area contributed by atoms with Gasteiger partial charge >= 0.3 is 0 Å². The molecule has 0 bridgehead atoms. The van der Waals surface area contributed by atoms with E-state index in [9.17, 15) is 9.18 Å². The first-order chi connectivity index (χ1) is 8.56. The molecule has 2 nitrogen and oxygen atoms in total. The zero-order valence-electron chi connectivity index (χ0n) is 9.08. The number of carbonyl (C=O) groups is 1. The molecule has 2 rings (SSSR count). The van der Waals surface area contributed by atoms with E-state index in [2.05, 4.69) is 21.2 Å². The predicted molar refractivity (Wildman–Crippen MR) is 73.5 cm³/mol. The Morgan fingerprint density at radius 1 is 1.22 bits per heavy atom. The van der Waals surface area contributed by atoms with Gasteiger partial charge in [0.15, 0.2) is 0 Å². The van der Waals surface area contributed by atoms with Crippen molar-refractivity contribution in [3.8, 4) is 0 Å². The molecule has 0 atom stereocenters. The maximum atomic E-state index is 13.0. The molecule has 18 heavy (non-hydrogen) atoms. The van der Waals surface area contributed by atoms with Gasteiger partial charge in [-0.1, -0.05) is 33.6 Å². The number of amides is 1. The van der Waals surface area contributed by atoms with Crippen molar-refractivity contribution < 1.29 is 9.18 Å². The van der Waals surface area contributed by atoms with E-state index in [0.717, 1.165) is 4.47 Å². The summed E-state index contributed by atoms with van der Waals surface area (Å²) in [7, 11) is 0. The molecule has 1 N–H and O–H groups in total. The van der Waals surface area contributed by atoms with Gasteiger partial charge in [0.05, 0.1) is 5.02 Å². The predicted octanol–water partition coefficient (Wildman–Crippen LogP) is 4.49. The Kier molecular flexibility index (Phi) is 3.99. The Balaban J connectivity index is 2.18. The summed E-state index contributed by atoms with van der Waals surface area (Å²) < 4.78 is 13.8. The summed E-state index contributed by atoms with van der Waals surface area (Å²) in [5.41, 5.74) is 0.955. The number of halogens is 3. The van der Waals surface area contributed by atoms with Crippen molar-refractivity contribution >= 4 is 39.1 Å². The highest BCUT2D eigenvalue weighted by molar-refractivity contribution is 9.10. The highest BCUT2D eigenvalue weighted by Crippen LogP contribution is 2.20. The van der Waals surface area contributed by atoms with Crippen LogP contribution in [-0.4, -0.2) is 5.91 Å². The summed E-state index contributed by atoms with van der Waals surface area (Å²) in [6.07, 6.45) is 0. The Labute approximate surface area is 117 Å². The van der Waals surface area contributed by atoms with Crippen LogP contribution in [0.15, 0.2) is 46.9 Å². The van der Waals surface area contributed by atoms with Crippen molar-refractivity contribution in [2.45, 2.75) is 0 Å². The molecule has 0 spiro atoms. The molecular weight excluding hydrogens is 321 g/mol. The van der Waals surface area contributed by atoms with E-state index in [1.54, 1.807) is 18.2 Å². The van der Waals surface area contributed by atoms with Crippen LogP contribution in [0.5, 0.6) is 0 Å². The lowest BCUT2D eigenvalue weighted by atomic mass is 10.2. The topological polar surface area (TPSA) is 29.1 Å². The second kappa shape index (κ2) is 5.50. The third-order valence-corrected chi connectivity index (χ3v) is 3.05. The smallest absolute Gasteiger partial charge is 0.255 e. The van der Waals surface area contributed by atoms with E-state index in [0.29, 0.717) is 11.3 Å². The van der Waals surface area contributed by atoms with Crippen LogP contribution in [0, 0.1) is 5.82 Å². The molecular formula is C13H8BrClFNO. The lowest BCUT2D eigenvalue weighted by Crippen LogP contribution is -2.11. The number of anilines is 1. The van der Waals surface area contributed by atoms with E-state index < -0.39 is 5.82 Å². The highest BCUT2D eigenvalue weighted by Gasteiger charge is 2.07. The first-order valence-corrected chi connectivity index (χ1v) is 6.25. The largest absolute Gasteiger partial charge is 0.322 e. The maximum absolute atomic E-state index is 13.0. The minimum Gasteiger partial charge on any atom is -0.322 e. The van der Waals surface area contributed by atoms with Crippen LogP contribution in [0.1, 0.15) is 10.4 Å². The van der Waals surface area contributed by atoms with Crippen molar-refractivity contribution in [3.05, 3.63) is 63.3 Å². The fourth-order valence-electron chi connectivity index (χ4n) is 1.41. The van der Waals surface area contributed by atoms with Gasteiger partial charge in [-0.05, 0) is 36.4 Å². The molecule has 1 amide bonds. The zero-order chi connectivity index (χ0) is 13.1. The zero-order valence-corrected chi connectivity index (χ0v) is 11.4. The van der Waals surface area contributed by atoms with Gasteiger partial charge in [-0.2, -0.15) is 0 Å². The number of rotatable bonds is 2. The molecule has 0 aromatic heterocycles. The van der Waals surface area contributed by atoms with Gasteiger partial charge < -0.3 is 5.32 Å². The molecule has 0 aliphatic heterocycles. The van der Waals surface area contributed by atoms with Crippen LogP contribution < -0.4 is 5.32 Å². The van der Waals surface area contributed by atoms with Crippen molar-refractivity contribution in [1.82, 2.24) is 0 Å². The molecule has 0 aliphatic carbocycles. The molecule has 0 fully saturated rings. The number of benzene rings is 2. The quantitative estimate of drug-likeness (QED) is 0.864. The fourth-order valence-corrected chi connectivity index (χ4v) is 1.99. The average Bonchev–Trinajstić information content (AvgIpc) is 2.34. The number of nitrogens with one attached hydrogen (secondary N) is 1. The molecule has 0 saturated carbocycles. The number of hydrogen-bond acceptors (Lipinski definition) is 1. The molecule has 2 aromatic carbocycles. The Morgan fingerprint density at radius 3 is 2.67 bits per heavy atom. The third-order valence-electron chi connectivity index (χ3n) is 2.26. The monoisotopic (exact) mass is 327 g/mol. The first-order valence-electron chi connectivity index (χ1n) is 5.08. The normalized spacial score (nSPS) is 10.2. The standard InChI is InChI=1S/C13H8BrClFNO/c14-9-3-1-2-8(6-9)13(18)17-10-4-5-12(16)11(15)7-10/h1-7H,(H,17,18). The summed E-state index contributed by atoms with van der Waals surface area (Å²) >= 11 is 8.92. The molecule has 2 aromatic rings. The highest BCUT2D eigenvalue weighted by atomic mass is 79.9. The molecule has 0 radical (unpaired) electrons. The van der Waals surface area contributed by atoms with Crippen molar-refractivity contribution in [2.24, 2.45) is 0 Å². The van der Waals surface area contributed by atoms with Gasteiger partial charge in [-0.15, -0.1) is 0 Å². The summed E-state index contributed by atoms with van der Waals surface area (Å²) in [5, 5.41) is 2.62. The van der Waals surface area contributed by atoms with Crippen molar-refractivity contribution in [1.29, 1.82) is 0 Å². The van der Waals surface area contributed by atoms with Gasteiger partial charge in [0.25, 0.3) is 5.91 Å². The molecule has 0 unspecified atom stereocenters. The number of hydrogen-bond donors (Lipinski definition) is 1. The second-order valence-corrected chi connectivity index (χ2v) is 4.92. The molecule has 5 heteroatoms. The summed E-state index contributed by atoms with van der Waals surface area (Å²) in [6, 6.07) is 11.0. The first kappa shape index (κ1) is 13.1. The SMILES string of the molecule is O=C(Nc1ccc(F)c(Cl)c1)c1cccc(Br)c1. The summed E-state index contributed by atoms with van der Waals surface area (Å²) in [6.45, 7) is 0. The Bertz CT molecular complexity index is 603. The van der Waals surface area contributed by atoms with Crippen LogP contribution in [0.3, 0.4) is 0 Å². The maximum Gasteiger partial charge on any atom is 0.255 e. The average molecular weight is 329 g/mol. The van der Waals surface area contributed by atoms with E-state index >= 15 is 0 Å². The second-order valence-electron chi connectivity index (χ2n) is 3.59. The fraction of sp³-hybridized carbons (Fsp3) is 0. The van der Waals surface area contributed by atoms with Crippen molar-refractivity contribution in [3.63, 3.8) is 0 Å². The van der Waals surface area contributed by atoms with Crippen LogP contribution in [0.4, 0.5) is 10.1 Å². The van der Waals surface area contributed by atoms with Crippen LogP contribution in [0.2, 0.25) is 5.02 Å². The summed E-state index contributed by atoms with van der Waals surface area (Å²) in [5.74, 6) is -0.795. The van der Waals surface area contributed by atoms with E-state index in [1.165, 1.54) is 18.2 Å². The van der Waals surface area contributed by atoms with Crippen LogP contribution in [-0.2, 0) is 0 Å². The molecule has 0 heterocycles. The van der Waals surface area contributed by atoms with Gasteiger partial charge in [-0.3, -0.25) is 4.79 Å². The lowest BCUT2D eigenvalue weighted by Gasteiger charge is -2.06. The third kappa shape index (κ3) is 3.09. The minimum atomic E-state index is -0.517. The van der Waals surface area contributed by atoms with Gasteiger partial charge in [0.1, 0.15) is 5.82 Å². The van der Waals surface area contributed by atoms with Crippen LogP contribution in [0.25, 0.3) is 0 Å². The van der Waals surface area contributed by atoms with E-state index in [-0.39, 0.29) is 10.9 Å². The molecule has 92 valence electrons. The minimum absolute atomic E-state index is 0.0259. The molecule has 0 saturated heterocycles. The van der Waals surface area contributed by atoms with Crippen molar-refractivity contribution in [2.75, 3.05) is 5.32 Å².